The maximum atomic E-state index is 13.7. The Hall–Kier alpha value is -2.57. The zero-order chi connectivity index (χ0) is 18.5. The first-order valence-electron chi connectivity index (χ1n) is 8.90. The number of amides is 1. The highest BCUT2D eigenvalue weighted by atomic mass is 19.1. The summed E-state index contributed by atoms with van der Waals surface area (Å²) >= 11 is 0. The van der Waals surface area contributed by atoms with Crippen molar-refractivity contribution in [1.82, 2.24) is 9.97 Å². The van der Waals surface area contributed by atoms with Crippen molar-refractivity contribution in [3.63, 3.8) is 0 Å². The zero-order valence-corrected chi connectivity index (χ0v) is 14.7. The van der Waals surface area contributed by atoms with Crippen molar-refractivity contribution in [2.24, 2.45) is 0 Å². The fraction of sp³-hybridized carbons (Fsp3) is 0.421. The Morgan fingerprint density at radius 2 is 1.81 bits per heavy atom. The average Bonchev–Trinajstić information content (AvgIpc) is 2.85. The van der Waals surface area contributed by atoms with Gasteiger partial charge in [0, 0.05) is 17.8 Å². The van der Waals surface area contributed by atoms with Crippen LogP contribution in [-0.4, -0.2) is 21.9 Å². The van der Waals surface area contributed by atoms with Crippen molar-refractivity contribution in [3.05, 3.63) is 47.3 Å². The summed E-state index contributed by atoms with van der Waals surface area (Å²) in [4.78, 5) is 21.0. The van der Waals surface area contributed by atoms with Crippen molar-refractivity contribution in [2.45, 2.75) is 51.5 Å². The van der Waals surface area contributed by atoms with Crippen LogP contribution >= 0.6 is 0 Å². The quantitative estimate of drug-likeness (QED) is 0.791. The van der Waals surface area contributed by atoms with E-state index in [4.69, 9.17) is 0 Å². The van der Waals surface area contributed by atoms with Gasteiger partial charge in [-0.05, 0) is 38.0 Å². The van der Waals surface area contributed by atoms with Gasteiger partial charge in [-0.1, -0.05) is 25.7 Å². The first-order chi connectivity index (χ1) is 12.5. The van der Waals surface area contributed by atoms with Crippen molar-refractivity contribution in [3.8, 4) is 0 Å². The molecule has 0 bridgehead atoms. The number of hydrogen-bond acceptors (Lipinski definition) is 4. The van der Waals surface area contributed by atoms with Gasteiger partial charge in [-0.25, -0.2) is 18.7 Å². The molecule has 0 unspecified atom stereocenters. The van der Waals surface area contributed by atoms with E-state index in [0.29, 0.717) is 17.7 Å². The van der Waals surface area contributed by atoms with Crippen LogP contribution in [0.1, 0.15) is 54.7 Å². The van der Waals surface area contributed by atoms with Gasteiger partial charge < -0.3 is 10.6 Å². The maximum absolute atomic E-state index is 13.7. The van der Waals surface area contributed by atoms with Gasteiger partial charge in [-0.3, -0.25) is 4.79 Å². The lowest BCUT2D eigenvalue weighted by Crippen LogP contribution is -2.22. The Balaban J connectivity index is 1.74. The monoisotopic (exact) mass is 360 g/mol. The lowest BCUT2D eigenvalue weighted by molar-refractivity contribution is 0.102. The van der Waals surface area contributed by atoms with E-state index in [2.05, 4.69) is 20.6 Å². The number of carbonyl (C=O) groups excluding carboxylic acids is 1. The summed E-state index contributed by atoms with van der Waals surface area (Å²) in [6, 6.07) is 4.82. The number of halogens is 2. The van der Waals surface area contributed by atoms with Crippen LogP contribution in [0.4, 0.5) is 20.4 Å². The summed E-state index contributed by atoms with van der Waals surface area (Å²) in [5.41, 5.74) is 0.684. The summed E-state index contributed by atoms with van der Waals surface area (Å²) < 4.78 is 26.7. The number of benzene rings is 1. The van der Waals surface area contributed by atoms with Gasteiger partial charge in [-0.2, -0.15) is 0 Å². The molecule has 0 radical (unpaired) electrons. The molecule has 138 valence electrons. The van der Waals surface area contributed by atoms with Gasteiger partial charge in [0.15, 0.2) is 0 Å². The van der Waals surface area contributed by atoms with Gasteiger partial charge in [0.2, 0.25) is 5.95 Å². The molecule has 1 fully saturated rings. The van der Waals surface area contributed by atoms with Crippen LogP contribution in [0.25, 0.3) is 0 Å². The molecule has 1 saturated carbocycles. The van der Waals surface area contributed by atoms with Gasteiger partial charge in [-0.15, -0.1) is 0 Å². The summed E-state index contributed by atoms with van der Waals surface area (Å²) in [6.07, 6.45) is 6.92. The first kappa shape index (κ1) is 18.2. The summed E-state index contributed by atoms with van der Waals surface area (Å²) in [5, 5.41) is 5.74. The third kappa shape index (κ3) is 4.74. The smallest absolute Gasteiger partial charge is 0.274 e. The Bertz CT molecular complexity index is 789. The molecule has 5 nitrogen and oxygen atoms in total. The molecule has 2 N–H and O–H groups in total. The van der Waals surface area contributed by atoms with Gasteiger partial charge in [0.25, 0.3) is 5.91 Å². The Kier molecular flexibility index (Phi) is 5.75. The Labute approximate surface area is 151 Å². The number of anilines is 2. The highest BCUT2D eigenvalue weighted by Crippen LogP contribution is 2.20. The number of aromatic nitrogens is 2. The number of carbonyl (C=O) groups is 1. The molecule has 0 atom stereocenters. The molecule has 1 heterocycles. The number of hydrogen-bond donors (Lipinski definition) is 2. The van der Waals surface area contributed by atoms with E-state index in [1.54, 1.807) is 6.92 Å². The molecule has 0 saturated heterocycles. The van der Waals surface area contributed by atoms with Crippen LogP contribution in [-0.2, 0) is 0 Å². The van der Waals surface area contributed by atoms with E-state index in [0.717, 1.165) is 25.0 Å². The van der Waals surface area contributed by atoms with Crippen LogP contribution in [0.15, 0.2) is 24.3 Å². The molecule has 1 aromatic heterocycles. The predicted octanol–water partition coefficient (Wildman–Crippen LogP) is 4.45. The minimum Gasteiger partial charge on any atom is -0.351 e. The molecule has 0 spiro atoms. The lowest BCUT2D eigenvalue weighted by atomic mass is 10.1. The van der Waals surface area contributed by atoms with Crippen LogP contribution in [0, 0.1) is 18.6 Å². The number of aryl methyl sites for hydroxylation is 1. The van der Waals surface area contributed by atoms with Crippen molar-refractivity contribution >= 4 is 17.5 Å². The molecule has 26 heavy (non-hydrogen) atoms. The number of nitrogens with one attached hydrogen (secondary N) is 2. The summed E-state index contributed by atoms with van der Waals surface area (Å²) in [7, 11) is 0. The van der Waals surface area contributed by atoms with Crippen molar-refractivity contribution < 1.29 is 13.6 Å². The minimum atomic E-state index is -0.832. The highest BCUT2D eigenvalue weighted by Gasteiger charge is 2.16. The fourth-order valence-electron chi connectivity index (χ4n) is 3.13. The molecular formula is C19H22F2N4O. The normalized spacial score (nSPS) is 15.3. The third-order valence-corrected chi connectivity index (χ3v) is 4.45. The fourth-order valence-corrected chi connectivity index (χ4v) is 3.13. The Morgan fingerprint density at radius 3 is 2.50 bits per heavy atom. The molecule has 7 heteroatoms. The van der Waals surface area contributed by atoms with Gasteiger partial charge in [0.1, 0.15) is 17.3 Å². The van der Waals surface area contributed by atoms with Crippen LogP contribution in [0.5, 0.6) is 0 Å². The molecule has 1 amide bonds. The molecule has 1 aliphatic carbocycles. The van der Waals surface area contributed by atoms with Gasteiger partial charge >= 0.3 is 0 Å². The second-order valence-corrected chi connectivity index (χ2v) is 6.63. The SMILES string of the molecule is Cc1cc(C(=O)Nc2ccc(F)cc2F)nc(NC2CCCCCC2)n1. The molecule has 3 rings (SSSR count). The molecular weight excluding hydrogens is 338 g/mol. The average molecular weight is 360 g/mol. The molecule has 1 aliphatic rings. The van der Waals surface area contributed by atoms with E-state index < -0.39 is 17.5 Å². The predicted molar refractivity (Wildman–Crippen MR) is 96.2 cm³/mol. The van der Waals surface area contributed by atoms with Gasteiger partial charge in [0.05, 0.1) is 5.69 Å². The number of nitrogens with zero attached hydrogens (tertiary/aromatic N) is 2. The minimum absolute atomic E-state index is 0.0917. The van der Waals surface area contributed by atoms with Crippen molar-refractivity contribution in [2.75, 3.05) is 10.6 Å². The molecule has 2 aromatic rings. The summed E-state index contributed by atoms with van der Waals surface area (Å²) in [6.45, 7) is 1.77. The number of rotatable bonds is 4. The first-order valence-corrected chi connectivity index (χ1v) is 8.90. The van der Waals surface area contributed by atoms with E-state index in [9.17, 15) is 13.6 Å². The standard InChI is InChI=1S/C19H22F2N4O/c1-12-10-17(18(26)24-16-9-8-13(20)11-15(16)21)25-19(22-12)23-14-6-4-2-3-5-7-14/h8-11,14H,2-7H2,1H3,(H,24,26)(H,22,23,25). The second-order valence-electron chi connectivity index (χ2n) is 6.63. The van der Waals surface area contributed by atoms with Crippen LogP contribution in [0.2, 0.25) is 0 Å². The van der Waals surface area contributed by atoms with Crippen LogP contribution < -0.4 is 10.6 Å². The zero-order valence-electron chi connectivity index (χ0n) is 14.7. The molecule has 1 aromatic carbocycles. The third-order valence-electron chi connectivity index (χ3n) is 4.45. The Morgan fingerprint density at radius 1 is 1.08 bits per heavy atom. The van der Waals surface area contributed by atoms with E-state index in [-0.39, 0.29) is 11.4 Å². The largest absolute Gasteiger partial charge is 0.351 e. The second kappa shape index (κ2) is 8.21. The van der Waals surface area contributed by atoms with Crippen LogP contribution in [0.3, 0.4) is 0 Å². The maximum Gasteiger partial charge on any atom is 0.274 e. The lowest BCUT2D eigenvalue weighted by Gasteiger charge is -2.17. The van der Waals surface area contributed by atoms with E-state index in [1.807, 2.05) is 0 Å². The van der Waals surface area contributed by atoms with Crippen molar-refractivity contribution in [1.29, 1.82) is 0 Å². The highest BCUT2D eigenvalue weighted by molar-refractivity contribution is 6.03. The summed E-state index contributed by atoms with van der Waals surface area (Å²) in [5.74, 6) is -1.69. The van der Waals surface area contributed by atoms with E-state index >= 15 is 0 Å². The van der Waals surface area contributed by atoms with E-state index in [1.165, 1.54) is 37.8 Å². The topological polar surface area (TPSA) is 66.9 Å². The molecule has 0 aliphatic heterocycles.